The van der Waals surface area contributed by atoms with E-state index in [0.717, 1.165) is 4.73 Å². The fraction of sp³-hybridized carbons (Fsp3) is 0.250. The molecule has 27 heavy (non-hydrogen) atoms. The number of pyridine rings is 1. The minimum atomic E-state index is -3.14. The number of hydrogen-bond donors (Lipinski definition) is 0. The summed E-state index contributed by atoms with van der Waals surface area (Å²) in [6, 6.07) is 7.92. The Morgan fingerprint density at radius 3 is 2.59 bits per heavy atom. The van der Waals surface area contributed by atoms with Crippen LogP contribution in [-0.2, 0) is 11.2 Å². The Morgan fingerprint density at radius 2 is 1.93 bits per heavy atom. The molecule has 0 N–H and O–H groups in total. The average Bonchev–Trinajstić information content (AvgIpc) is 3.04. The number of hydrogen-bond acceptors (Lipinski definition) is 6. The predicted molar refractivity (Wildman–Crippen MR) is 94.7 cm³/mol. The van der Waals surface area contributed by atoms with Gasteiger partial charge >= 0.3 is 11.8 Å². The third-order valence-corrected chi connectivity index (χ3v) is 5.49. The van der Waals surface area contributed by atoms with Gasteiger partial charge in [-0.1, -0.05) is 23.7 Å². The van der Waals surface area contributed by atoms with E-state index in [4.69, 9.17) is 21.1 Å². The van der Waals surface area contributed by atoms with Crippen LogP contribution in [0.15, 0.2) is 41.7 Å². The lowest BCUT2D eigenvalue weighted by Gasteiger charge is -2.18. The first-order chi connectivity index (χ1) is 13.0. The SMILES string of the molecule is COc1ccnc(C(Cl)[S+]([O-])c2nc3ccccc3n2OC(F)F)c1OC. The van der Waals surface area contributed by atoms with Gasteiger partial charge in [-0.3, -0.25) is 4.98 Å². The monoisotopic (exact) mass is 417 g/mol. The third kappa shape index (κ3) is 3.73. The van der Waals surface area contributed by atoms with Gasteiger partial charge in [-0.15, -0.1) is 4.73 Å². The molecule has 3 rings (SSSR count). The lowest BCUT2D eigenvalue weighted by Crippen LogP contribution is -2.23. The number of aromatic nitrogens is 3. The van der Waals surface area contributed by atoms with Gasteiger partial charge in [-0.2, -0.15) is 13.8 Å². The van der Waals surface area contributed by atoms with Crippen molar-refractivity contribution in [3.63, 3.8) is 0 Å². The summed E-state index contributed by atoms with van der Waals surface area (Å²) < 4.78 is 48.6. The molecule has 2 unspecified atom stereocenters. The van der Waals surface area contributed by atoms with Crippen molar-refractivity contribution in [1.82, 2.24) is 14.7 Å². The third-order valence-electron chi connectivity index (χ3n) is 3.58. The number of alkyl halides is 3. The Bertz CT molecular complexity index is 943. The van der Waals surface area contributed by atoms with Crippen LogP contribution in [0.3, 0.4) is 0 Å². The van der Waals surface area contributed by atoms with Gasteiger partial charge in [-0.25, -0.2) is 0 Å². The molecule has 0 aliphatic heterocycles. The Morgan fingerprint density at radius 1 is 1.19 bits per heavy atom. The number of ether oxygens (including phenoxy) is 2. The normalized spacial score (nSPS) is 13.6. The highest BCUT2D eigenvalue weighted by atomic mass is 35.5. The summed E-state index contributed by atoms with van der Waals surface area (Å²) >= 11 is 4.24. The van der Waals surface area contributed by atoms with Crippen LogP contribution >= 0.6 is 11.6 Å². The number of para-hydroxylation sites is 2. The molecule has 2 aromatic heterocycles. The van der Waals surface area contributed by atoms with E-state index in [1.807, 2.05) is 0 Å². The summed E-state index contributed by atoms with van der Waals surface area (Å²) in [6.07, 6.45) is 1.40. The summed E-state index contributed by atoms with van der Waals surface area (Å²) in [4.78, 5) is 12.7. The molecule has 0 saturated carbocycles. The highest BCUT2D eigenvalue weighted by molar-refractivity contribution is 7.92. The topological polar surface area (TPSA) is 81.5 Å². The zero-order valence-corrected chi connectivity index (χ0v) is 15.7. The van der Waals surface area contributed by atoms with Crippen molar-refractivity contribution >= 4 is 33.8 Å². The molecule has 2 heterocycles. The molecule has 0 radical (unpaired) electrons. The molecule has 3 aromatic rings. The first kappa shape index (κ1) is 19.5. The van der Waals surface area contributed by atoms with Gasteiger partial charge in [0.25, 0.3) is 0 Å². The molecular formula is C16H14ClF2N3O4S. The zero-order valence-electron chi connectivity index (χ0n) is 14.1. The summed E-state index contributed by atoms with van der Waals surface area (Å²) in [5.74, 6) is 0.522. The van der Waals surface area contributed by atoms with Crippen molar-refractivity contribution in [1.29, 1.82) is 0 Å². The van der Waals surface area contributed by atoms with Crippen LogP contribution in [0.5, 0.6) is 11.5 Å². The predicted octanol–water partition coefficient (Wildman–Crippen LogP) is 3.14. The summed E-state index contributed by atoms with van der Waals surface area (Å²) in [7, 11) is 2.81. The van der Waals surface area contributed by atoms with Gasteiger partial charge in [-0.05, 0) is 12.1 Å². The number of methoxy groups -OCH3 is 2. The number of nitrogens with zero attached hydrogens (tertiary/aromatic N) is 3. The van der Waals surface area contributed by atoms with Gasteiger partial charge in [0, 0.05) is 12.3 Å². The van der Waals surface area contributed by atoms with Crippen LogP contribution in [0.2, 0.25) is 0 Å². The maximum atomic E-state index is 13.0. The molecule has 144 valence electrons. The number of fused-ring (bicyclic) bond motifs is 1. The van der Waals surface area contributed by atoms with Crippen LogP contribution in [0.4, 0.5) is 8.78 Å². The molecule has 0 aliphatic carbocycles. The molecule has 0 fully saturated rings. The second kappa shape index (κ2) is 8.15. The lowest BCUT2D eigenvalue weighted by molar-refractivity contribution is -0.136. The lowest BCUT2D eigenvalue weighted by atomic mass is 10.3. The van der Waals surface area contributed by atoms with Crippen molar-refractivity contribution in [3.05, 3.63) is 42.2 Å². The summed E-state index contributed by atoms with van der Waals surface area (Å²) in [6.45, 7) is -3.14. The van der Waals surface area contributed by atoms with Crippen molar-refractivity contribution in [2.24, 2.45) is 0 Å². The van der Waals surface area contributed by atoms with E-state index in [9.17, 15) is 13.3 Å². The quantitative estimate of drug-likeness (QED) is 0.434. The minimum Gasteiger partial charge on any atom is -0.607 e. The van der Waals surface area contributed by atoms with Gasteiger partial charge in [0.2, 0.25) is 4.71 Å². The van der Waals surface area contributed by atoms with E-state index in [-0.39, 0.29) is 22.1 Å². The molecule has 0 aliphatic rings. The van der Waals surface area contributed by atoms with Crippen LogP contribution in [0, 0.1) is 0 Å². The van der Waals surface area contributed by atoms with E-state index < -0.39 is 22.5 Å². The van der Waals surface area contributed by atoms with Crippen molar-refractivity contribution in [2.75, 3.05) is 14.2 Å². The number of halogens is 3. The second-order valence-electron chi connectivity index (χ2n) is 5.09. The Kier molecular flexibility index (Phi) is 5.88. The first-order valence-electron chi connectivity index (χ1n) is 7.52. The molecular weight excluding hydrogens is 404 g/mol. The number of imidazole rings is 1. The van der Waals surface area contributed by atoms with Crippen molar-refractivity contribution in [2.45, 2.75) is 16.5 Å². The Balaban J connectivity index is 2.07. The standard InChI is InChI=1S/C16H14ClF2N3O4S/c1-24-11-7-8-20-12(13(11)25-2)14(17)27(23)16-21-9-5-3-4-6-10(9)22(16)26-15(18)19/h3-8,14-15H,1-2H3. The highest BCUT2D eigenvalue weighted by Gasteiger charge is 2.36. The maximum Gasteiger partial charge on any atom is 0.406 e. The van der Waals surface area contributed by atoms with E-state index in [2.05, 4.69) is 14.8 Å². The molecule has 0 bridgehead atoms. The molecule has 1 aromatic carbocycles. The Labute approximate surface area is 161 Å². The van der Waals surface area contributed by atoms with Crippen LogP contribution in [-0.4, -0.2) is 40.1 Å². The maximum absolute atomic E-state index is 13.0. The summed E-state index contributed by atoms with van der Waals surface area (Å²) in [5.41, 5.74) is 0.680. The second-order valence-corrected chi connectivity index (χ2v) is 7.22. The average molecular weight is 418 g/mol. The summed E-state index contributed by atoms with van der Waals surface area (Å²) in [5, 5.41) is -0.275. The molecule has 0 amide bonds. The van der Waals surface area contributed by atoms with Gasteiger partial charge < -0.3 is 18.9 Å². The Hall–Kier alpha value is -2.30. The fourth-order valence-electron chi connectivity index (χ4n) is 2.46. The molecule has 7 nitrogen and oxygen atoms in total. The van der Waals surface area contributed by atoms with Crippen LogP contribution in [0.25, 0.3) is 11.0 Å². The van der Waals surface area contributed by atoms with Crippen molar-refractivity contribution in [3.8, 4) is 11.5 Å². The number of rotatable bonds is 7. The van der Waals surface area contributed by atoms with Crippen LogP contribution in [0.1, 0.15) is 10.4 Å². The van der Waals surface area contributed by atoms with Crippen LogP contribution < -0.4 is 14.3 Å². The fourth-order valence-corrected chi connectivity index (χ4v) is 3.90. The smallest absolute Gasteiger partial charge is 0.406 e. The largest absolute Gasteiger partial charge is 0.607 e. The van der Waals surface area contributed by atoms with Gasteiger partial charge in [0.05, 0.1) is 30.9 Å². The first-order valence-corrected chi connectivity index (χ1v) is 9.17. The van der Waals surface area contributed by atoms with Crippen molar-refractivity contribution < 1.29 is 27.6 Å². The van der Waals surface area contributed by atoms with Gasteiger partial charge in [0.1, 0.15) is 5.52 Å². The van der Waals surface area contributed by atoms with E-state index in [1.54, 1.807) is 24.3 Å². The molecule has 2 atom stereocenters. The highest BCUT2D eigenvalue weighted by Crippen LogP contribution is 2.40. The molecule has 0 spiro atoms. The van der Waals surface area contributed by atoms with Gasteiger partial charge in [0.15, 0.2) is 17.2 Å². The zero-order chi connectivity index (χ0) is 19.6. The molecule has 11 heteroatoms. The number of benzene rings is 1. The van der Waals surface area contributed by atoms with E-state index in [1.165, 1.54) is 26.5 Å². The van der Waals surface area contributed by atoms with E-state index in [0.29, 0.717) is 11.3 Å². The molecule has 0 saturated heterocycles. The minimum absolute atomic E-state index is 0.118. The van der Waals surface area contributed by atoms with E-state index >= 15 is 0 Å².